The van der Waals surface area contributed by atoms with Crippen molar-refractivity contribution in [3.63, 3.8) is 0 Å². The van der Waals surface area contributed by atoms with Crippen molar-refractivity contribution in [2.45, 2.75) is 6.54 Å². The van der Waals surface area contributed by atoms with Crippen molar-refractivity contribution in [2.75, 3.05) is 5.73 Å². The monoisotopic (exact) mass is 231 g/mol. The summed E-state index contributed by atoms with van der Waals surface area (Å²) in [6, 6.07) is 3.42. The Labute approximate surface area is 98.5 Å². The molecule has 3 N–H and O–H groups in total. The molecule has 0 unspecified atom stereocenters. The highest BCUT2D eigenvalue weighted by Crippen LogP contribution is 2.08. The lowest BCUT2D eigenvalue weighted by Crippen LogP contribution is -2.23. The Morgan fingerprint density at radius 3 is 2.94 bits per heavy atom. The summed E-state index contributed by atoms with van der Waals surface area (Å²) in [5.41, 5.74) is 7.08. The summed E-state index contributed by atoms with van der Waals surface area (Å²) >= 11 is 0. The number of hydrogen-bond acceptors (Lipinski definition) is 4. The zero-order valence-corrected chi connectivity index (χ0v) is 9.42. The first-order valence-electron chi connectivity index (χ1n) is 5.13. The minimum absolute atomic E-state index is 0.179. The first kappa shape index (κ1) is 11.1. The molecule has 0 radical (unpaired) electrons. The van der Waals surface area contributed by atoms with E-state index in [-0.39, 0.29) is 5.91 Å². The molecule has 0 bridgehead atoms. The van der Waals surface area contributed by atoms with E-state index in [0.717, 1.165) is 5.56 Å². The van der Waals surface area contributed by atoms with Gasteiger partial charge in [-0.15, -0.1) is 0 Å². The molecule has 88 valence electrons. The quantitative estimate of drug-likeness (QED) is 0.797. The molecule has 0 aliphatic carbocycles. The summed E-state index contributed by atoms with van der Waals surface area (Å²) in [6.45, 7) is 0.355. The number of carbonyl (C=O) groups excluding carboxylic acids is 1. The van der Waals surface area contributed by atoms with Crippen LogP contribution in [0.2, 0.25) is 0 Å². The topological polar surface area (TPSA) is 85.8 Å². The van der Waals surface area contributed by atoms with E-state index in [1.54, 1.807) is 36.3 Å². The number of amides is 1. The van der Waals surface area contributed by atoms with Gasteiger partial charge < -0.3 is 11.1 Å². The third-order valence-corrected chi connectivity index (χ3v) is 2.43. The highest BCUT2D eigenvalue weighted by Gasteiger charge is 2.08. The third kappa shape index (κ3) is 2.41. The molecule has 0 saturated carbocycles. The van der Waals surface area contributed by atoms with E-state index in [1.165, 1.54) is 6.20 Å². The maximum absolute atomic E-state index is 11.7. The maximum Gasteiger partial charge on any atom is 0.253 e. The van der Waals surface area contributed by atoms with Gasteiger partial charge in [-0.1, -0.05) is 0 Å². The second-order valence-corrected chi connectivity index (χ2v) is 3.60. The van der Waals surface area contributed by atoms with E-state index >= 15 is 0 Å². The van der Waals surface area contributed by atoms with Crippen LogP contribution < -0.4 is 11.1 Å². The van der Waals surface area contributed by atoms with Gasteiger partial charge in [-0.05, 0) is 12.1 Å². The predicted octanol–water partition coefficient (Wildman–Crippen LogP) is 0.327. The predicted molar refractivity (Wildman–Crippen MR) is 63.0 cm³/mol. The van der Waals surface area contributed by atoms with Gasteiger partial charge >= 0.3 is 0 Å². The summed E-state index contributed by atoms with van der Waals surface area (Å²) in [5, 5.41) is 6.75. The number of anilines is 1. The Hall–Kier alpha value is -2.37. The number of nitrogens with one attached hydrogen (secondary N) is 1. The lowest BCUT2D eigenvalue weighted by atomic mass is 10.2. The summed E-state index contributed by atoms with van der Waals surface area (Å²) in [5.74, 6) is 0.373. The van der Waals surface area contributed by atoms with E-state index in [2.05, 4.69) is 15.4 Å². The Morgan fingerprint density at radius 1 is 1.53 bits per heavy atom. The summed E-state index contributed by atoms with van der Waals surface area (Å²) < 4.78 is 1.56. The first-order valence-corrected chi connectivity index (χ1v) is 5.13. The molecular weight excluding hydrogens is 218 g/mol. The van der Waals surface area contributed by atoms with Crippen molar-refractivity contribution in [1.29, 1.82) is 0 Å². The van der Waals surface area contributed by atoms with Crippen molar-refractivity contribution in [2.24, 2.45) is 7.05 Å². The number of nitrogens with zero attached hydrogens (tertiary/aromatic N) is 3. The molecular formula is C11H13N5O. The van der Waals surface area contributed by atoms with Crippen LogP contribution in [0.5, 0.6) is 0 Å². The van der Waals surface area contributed by atoms with Crippen LogP contribution in [-0.2, 0) is 13.6 Å². The molecule has 0 atom stereocenters. The molecule has 6 heteroatoms. The summed E-state index contributed by atoms with van der Waals surface area (Å²) in [4.78, 5) is 15.6. The number of rotatable bonds is 3. The highest BCUT2D eigenvalue weighted by molar-refractivity contribution is 5.93. The van der Waals surface area contributed by atoms with Gasteiger partial charge in [-0.2, -0.15) is 5.10 Å². The van der Waals surface area contributed by atoms with Gasteiger partial charge in [0.05, 0.1) is 11.8 Å². The number of aryl methyl sites for hydroxylation is 1. The molecule has 17 heavy (non-hydrogen) atoms. The minimum atomic E-state index is -0.179. The van der Waals surface area contributed by atoms with Crippen LogP contribution in [0.4, 0.5) is 5.82 Å². The second kappa shape index (κ2) is 4.65. The largest absolute Gasteiger partial charge is 0.384 e. The Balaban J connectivity index is 2.00. The Morgan fingerprint density at radius 2 is 2.35 bits per heavy atom. The van der Waals surface area contributed by atoms with Gasteiger partial charge in [0.15, 0.2) is 0 Å². The molecule has 1 amide bonds. The normalized spacial score (nSPS) is 10.2. The zero-order chi connectivity index (χ0) is 12.3. The Kier molecular flexibility index (Phi) is 3.04. The van der Waals surface area contributed by atoms with E-state index in [4.69, 9.17) is 5.73 Å². The maximum atomic E-state index is 11.7. The van der Waals surface area contributed by atoms with Crippen LogP contribution in [0.3, 0.4) is 0 Å². The molecule has 0 spiro atoms. The minimum Gasteiger partial charge on any atom is -0.384 e. The van der Waals surface area contributed by atoms with E-state index in [9.17, 15) is 4.79 Å². The lowest BCUT2D eigenvalue weighted by molar-refractivity contribution is 0.0950. The molecule has 0 aliphatic heterocycles. The number of nitrogens with two attached hydrogens (primary N) is 1. The van der Waals surface area contributed by atoms with Gasteiger partial charge in [0.1, 0.15) is 5.82 Å². The van der Waals surface area contributed by atoms with Crippen molar-refractivity contribution in [1.82, 2.24) is 20.1 Å². The van der Waals surface area contributed by atoms with Crippen molar-refractivity contribution in [3.8, 4) is 0 Å². The van der Waals surface area contributed by atoms with Gasteiger partial charge in [-0.25, -0.2) is 0 Å². The van der Waals surface area contributed by atoms with E-state index in [0.29, 0.717) is 17.9 Å². The van der Waals surface area contributed by atoms with Crippen molar-refractivity contribution < 1.29 is 4.79 Å². The SMILES string of the molecule is Cn1ncc(CNC(=O)c2cccnc2)c1N. The number of aromatic nitrogens is 3. The number of carbonyl (C=O) groups is 1. The highest BCUT2D eigenvalue weighted by atomic mass is 16.1. The molecule has 0 saturated heterocycles. The van der Waals surface area contributed by atoms with Gasteiger partial charge in [0, 0.05) is 31.5 Å². The molecule has 0 fully saturated rings. The number of pyridine rings is 1. The average Bonchev–Trinajstić information content (AvgIpc) is 2.68. The summed E-state index contributed by atoms with van der Waals surface area (Å²) in [7, 11) is 1.75. The molecule has 6 nitrogen and oxygen atoms in total. The van der Waals surface area contributed by atoms with Crippen LogP contribution in [0.1, 0.15) is 15.9 Å². The van der Waals surface area contributed by atoms with Crippen LogP contribution in [0, 0.1) is 0 Å². The van der Waals surface area contributed by atoms with Crippen molar-refractivity contribution >= 4 is 11.7 Å². The van der Waals surface area contributed by atoms with Crippen molar-refractivity contribution in [3.05, 3.63) is 41.9 Å². The molecule has 0 aliphatic rings. The fourth-order valence-corrected chi connectivity index (χ4v) is 1.40. The number of hydrogen-bond donors (Lipinski definition) is 2. The third-order valence-electron chi connectivity index (χ3n) is 2.43. The fraction of sp³-hybridized carbons (Fsp3) is 0.182. The summed E-state index contributed by atoms with van der Waals surface area (Å²) in [6.07, 6.45) is 4.77. The molecule has 2 heterocycles. The van der Waals surface area contributed by atoms with E-state index in [1.807, 2.05) is 0 Å². The van der Waals surface area contributed by atoms with Gasteiger partial charge in [0.2, 0.25) is 0 Å². The average molecular weight is 231 g/mol. The molecule has 2 aromatic heterocycles. The van der Waals surface area contributed by atoms with Crippen LogP contribution in [0.15, 0.2) is 30.7 Å². The van der Waals surface area contributed by atoms with Crippen LogP contribution in [-0.4, -0.2) is 20.7 Å². The lowest BCUT2D eigenvalue weighted by Gasteiger charge is -2.04. The zero-order valence-electron chi connectivity index (χ0n) is 9.42. The standard InChI is InChI=1S/C11H13N5O/c1-16-10(12)9(7-15-16)6-14-11(17)8-3-2-4-13-5-8/h2-5,7H,6,12H2,1H3,(H,14,17). The number of nitrogen functional groups attached to an aromatic ring is 1. The van der Waals surface area contributed by atoms with Gasteiger partial charge in [-0.3, -0.25) is 14.5 Å². The van der Waals surface area contributed by atoms with E-state index < -0.39 is 0 Å². The van der Waals surface area contributed by atoms with Crippen LogP contribution in [0.25, 0.3) is 0 Å². The Bertz CT molecular complexity index is 520. The molecule has 2 aromatic rings. The molecule has 2 rings (SSSR count). The van der Waals surface area contributed by atoms with Crippen LogP contribution >= 0.6 is 0 Å². The second-order valence-electron chi connectivity index (χ2n) is 3.60. The molecule has 0 aromatic carbocycles. The first-order chi connectivity index (χ1) is 8.18. The van der Waals surface area contributed by atoms with Gasteiger partial charge in [0.25, 0.3) is 5.91 Å². The fourth-order valence-electron chi connectivity index (χ4n) is 1.40. The smallest absolute Gasteiger partial charge is 0.253 e.